The summed E-state index contributed by atoms with van der Waals surface area (Å²) in [7, 11) is 0. The van der Waals surface area contributed by atoms with Gasteiger partial charge in [0.25, 0.3) is 0 Å². The summed E-state index contributed by atoms with van der Waals surface area (Å²) in [4.78, 5) is 4.89. The van der Waals surface area contributed by atoms with Crippen molar-refractivity contribution in [2.75, 3.05) is 26.2 Å². The third-order valence-corrected chi connectivity index (χ3v) is 9.34. The monoisotopic (exact) mass is 550 g/mol. The van der Waals surface area contributed by atoms with E-state index in [1.54, 1.807) is 0 Å². The molecule has 2 aliphatic heterocycles. The molecule has 2 saturated heterocycles. The van der Waals surface area contributed by atoms with Crippen molar-refractivity contribution in [3.63, 3.8) is 0 Å². The van der Waals surface area contributed by atoms with Crippen LogP contribution in [0.5, 0.6) is 0 Å². The van der Waals surface area contributed by atoms with Crippen molar-refractivity contribution in [2.24, 2.45) is 0 Å². The molecular formula is C34H50N2O4. The first-order valence-corrected chi connectivity index (χ1v) is 15.8. The predicted octanol–water partition coefficient (Wildman–Crippen LogP) is 5.16. The number of hydrogen-bond donors (Lipinski definition) is 2. The molecule has 2 aliphatic carbocycles. The minimum absolute atomic E-state index is 0.128. The summed E-state index contributed by atoms with van der Waals surface area (Å²) >= 11 is 0. The van der Waals surface area contributed by atoms with Gasteiger partial charge in [-0.25, -0.2) is 0 Å². The van der Waals surface area contributed by atoms with Crippen LogP contribution in [-0.2, 0) is 22.7 Å². The highest BCUT2D eigenvalue weighted by Gasteiger charge is 2.35. The molecule has 0 aromatic heterocycles. The van der Waals surface area contributed by atoms with Crippen LogP contribution in [-0.4, -0.2) is 82.7 Å². The van der Waals surface area contributed by atoms with Gasteiger partial charge in [-0.2, -0.15) is 0 Å². The van der Waals surface area contributed by atoms with Crippen molar-refractivity contribution in [3.8, 4) is 0 Å². The summed E-state index contributed by atoms with van der Waals surface area (Å²) in [6.45, 7) is 5.50. The average molecular weight is 551 g/mol. The average Bonchev–Trinajstić information content (AvgIpc) is 3.67. The standard InChI is InChI=1S/2C17H25NO2/c2*19-17-9-5-4-8-16(17)18-11-10-15(12-18)20-13-14-6-2-1-3-7-14/h2*1-3,6-7,15-17,19H,4-5,8-13H2/t15-,16?,17+;15-,16-,17-/m11/s1. The minimum Gasteiger partial charge on any atom is -0.391 e. The van der Waals surface area contributed by atoms with Crippen molar-refractivity contribution in [1.29, 1.82) is 0 Å². The van der Waals surface area contributed by atoms with E-state index >= 15 is 0 Å². The van der Waals surface area contributed by atoms with E-state index < -0.39 is 0 Å². The third kappa shape index (κ3) is 8.60. The number of ether oxygens (including phenoxy) is 2. The lowest BCUT2D eigenvalue weighted by Gasteiger charge is -2.35. The highest BCUT2D eigenvalue weighted by molar-refractivity contribution is 5.14. The second-order valence-electron chi connectivity index (χ2n) is 12.2. The molecule has 2 saturated carbocycles. The molecule has 6 atom stereocenters. The van der Waals surface area contributed by atoms with Crippen LogP contribution in [0, 0.1) is 0 Å². The molecule has 6 rings (SSSR count). The Morgan fingerprint density at radius 1 is 0.550 bits per heavy atom. The number of hydrogen-bond acceptors (Lipinski definition) is 6. The van der Waals surface area contributed by atoms with Gasteiger partial charge in [-0.1, -0.05) is 86.3 Å². The summed E-state index contributed by atoms with van der Waals surface area (Å²) in [5, 5.41) is 20.3. The zero-order valence-electron chi connectivity index (χ0n) is 24.2. The molecule has 2 aromatic carbocycles. The summed E-state index contributed by atoms with van der Waals surface area (Å²) < 4.78 is 12.0. The van der Waals surface area contributed by atoms with Gasteiger partial charge in [-0.05, 0) is 49.7 Å². The summed E-state index contributed by atoms with van der Waals surface area (Å²) in [5.41, 5.74) is 2.48. The van der Waals surface area contributed by atoms with Gasteiger partial charge >= 0.3 is 0 Å². The fourth-order valence-corrected chi connectivity index (χ4v) is 6.99. The van der Waals surface area contributed by atoms with Gasteiger partial charge in [0.2, 0.25) is 0 Å². The maximum atomic E-state index is 10.1. The summed E-state index contributed by atoms with van der Waals surface area (Å²) in [6.07, 6.45) is 11.7. The fraction of sp³-hybridized carbons (Fsp3) is 0.647. The second kappa shape index (κ2) is 15.4. The largest absolute Gasteiger partial charge is 0.391 e. The van der Waals surface area contributed by atoms with Crippen LogP contribution in [0.2, 0.25) is 0 Å². The normalized spacial score (nSPS) is 31.6. The van der Waals surface area contributed by atoms with Gasteiger partial charge in [0, 0.05) is 38.3 Å². The topological polar surface area (TPSA) is 65.4 Å². The number of likely N-dealkylation sites (tertiary alicyclic amines) is 2. The number of rotatable bonds is 8. The molecule has 4 fully saturated rings. The van der Waals surface area contributed by atoms with Crippen molar-refractivity contribution < 1.29 is 19.7 Å². The zero-order chi connectivity index (χ0) is 27.6. The first-order chi connectivity index (χ1) is 19.7. The molecule has 4 aliphatic rings. The Morgan fingerprint density at radius 2 is 0.950 bits per heavy atom. The van der Waals surface area contributed by atoms with Crippen LogP contribution in [0.25, 0.3) is 0 Å². The van der Waals surface area contributed by atoms with Crippen LogP contribution >= 0.6 is 0 Å². The SMILES string of the molecule is O[C@@H]1CCCC[C@H]1N1CC[C@@H](OCc2ccccc2)C1.O[C@H]1CCCCC1N1CC[C@@H](OCc2ccccc2)C1. The first kappa shape index (κ1) is 29.7. The molecule has 220 valence electrons. The van der Waals surface area contributed by atoms with Crippen molar-refractivity contribution in [2.45, 2.75) is 114 Å². The van der Waals surface area contributed by atoms with Gasteiger partial charge in [0.05, 0.1) is 37.6 Å². The Morgan fingerprint density at radius 3 is 1.35 bits per heavy atom. The molecule has 2 aromatic rings. The number of aliphatic hydroxyl groups excluding tert-OH is 2. The van der Waals surface area contributed by atoms with Crippen molar-refractivity contribution >= 4 is 0 Å². The maximum Gasteiger partial charge on any atom is 0.0721 e. The lowest BCUT2D eigenvalue weighted by molar-refractivity contribution is 0.00947. The highest BCUT2D eigenvalue weighted by atomic mass is 16.5. The van der Waals surface area contributed by atoms with Gasteiger partial charge in [-0.3, -0.25) is 9.80 Å². The van der Waals surface area contributed by atoms with Crippen LogP contribution in [0.15, 0.2) is 60.7 Å². The molecule has 0 amide bonds. The number of nitrogens with zero attached hydrogens (tertiary/aromatic N) is 2. The van der Waals surface area contributed by atoms with E-state index in [9.17, 15) is 10.2 Å². The maximum absolute atomic E-state index is 10.1. The Kier molecular flexibility index (Phi) is 11.5. The van der Waals surface area contributed by atoms with Gasteiger partial charge < -0.3 is 19.7 Å². The minimum atomic E-state index is -0.128. The predicted molar refractivity (Wildman–Crippen MR) is 159 cm³/mol. The highest BCUT2D eigenvalue weighted by Crippen LogP contribution is 2.28. The summed E-state index contributed by atoms with van der Waals surface area (Å²) in [5.74, 6) is 0. The zero-order valence-corrected chi connectivity index (χ0v) is 24.2. The second-order valence-corrected chi connectivity index (χ2v) is 12.2. The van der Waals surface area contributed by atoms with E-state index in [1.165, 1.54) is 36.8 Å². The van der Waals surface area contributed by atoms with Crippen LogP contribution in [0.3, 0.4) is 0 Å². The summed E-state index contributed by atoms with van der Waals surface area (Å²) in [6, 6.07) is 21.5. The van der Waals surface area contributed by atoms with E-state index in [4.69, 9.17) is 9.47 Å². The van der Waals surface area contributed by atoms with E-state index in [1.807, 2.05) is 12.1 Å². The van der Waals surface area contributed by atoms with Gasteiger partial charge in [0.15, 0.2) is 0 Å². The van der Waals surface area contributed by atoms with Gasteiger partial charge in [-0.15, -0.1) is 0 Å². The molecule has 0 bridgehead atoms. The smallest absolute Gasteiger partial charge is 0.0721 e. The van der Waals surface area contributed by atoms with Crippen LogP contribution < -0.4 is 0 Å². The Hall–Kier alpha value is -1.80. The number of benzene rings is 2. The molecule has 2 N–H and O–H groups in total. The fourth-order valence-electron chi connectivity index (χ4n) is 6.99. The molecule has 1 unspecified atom stereocenters. The molecular weight excluding hydrogens is 500 g/mol. The lowest BCUT2D eigenvalue weighted by atomic mass is 9.91. The van der Waals surface area contributed by atoms with Crippen LogP contribution in [0.4, 0.5) is 0 Å². The van der Waals surface area contributed by atoms with E-state index in [2.05, 4.69) is 58.3 Å². The van der Waals surface area contributed by atoms with E-state index in [-0.39, 0.29) is 12.2 Å². The van der Waals surface area contributed by atoms with E-state index in [0.29, 0.717) is 37.5 Å². The lowest BCUT2D eigenvalue weighted by Crippen LogP contribution is -2.44. The number of aliphatic hydroxyl groups is 2. The van der Waals surface area contributed by atoms with Gasteiger partial charge in [0.1, 0.15) is 0 Å². The van der Waals surface area contributed by atoms with Crippen molar-refractivity contribution in [3.05, 3.63) is 71.8 Å². The molecule has 2 heterocycles. The molecule has 6 heteroatoms. The first-order valence-electron chi connectivity index (χ1n) is 15.8. The molecule has 0 radical (unpaired) electrons. The third-order valence-electron chi connectivity index (χ3n) is 9.34. The van der Waals surface area contributed by atoms with E-state index in [0.717, 1.165) is 64.7 Å². The quantitative estimate of drug-likeness (QED) is 0.473. The Balaban J connectivity index is 0.000000161. The van der Waals surface area contributed by atoms with Crippen LogP contribution in [0.1, 0.15) is 75.3 Å². The Labute approximate surface area is 241 Å². The molecule has 0 spiro atoms. The molecule has 40 heavy (non-hydrogen) atoms. The van der Waals surface area contributed by atoms with Crippen molar-refractivity contribution in [1.82, 2.24) is 9.80 Å². The Bertz CT molecular complexity index is 897. The molecule has 6 nitrogen and oxygen atoms in total.